The van der Waals surface area contributed by atoms with Gasteiger partial charge in [0.05, 0.1) is 11.1 Å². The molecule has 0 aliphatic rings. The molecule has 1 aromatic carbocycles. The molecule has 0 saturated heterocycles. The van der Waals surface area contributed by atoms with E-state index in [4.69, 9.17) is 0 Å². The fourth-order valence-corrected chi connectivity index (χ4v) is 2.40. The second kappa shape index (κ2) is 4.31. The van der Waals surface area contributed by atoms with Crippen molar-refractivity contribution in [3.8, 4) is 0 Å². The summed E-state index contributed by atoms with van der Waals surface area (Å²) in [5, 5.41) is 3.65. The minimum atomic E-state index is -4.32. The number of halogens is 3. The fourth-order valence-electron chi connectivity index (χ4n) is 2.40. The van der Waals surface area contributed by atoms with Crippen molar-refractivity contribution in [3.63, 3.8) is 0 Å². The molecule has 2 nitrogen and oxygen atoms in total. The van der Waals surface area contributed by atoms with Gasteiger partial charge in [0.15, 0.2) is 0 Å². The number of benzene rings is 1. The fraction of sp³-hybridized carbons (Fsp3) is 0.385. The van der Waals surface area contributed by atoms with Crippen molar-refractivity contribution in [1.82, 2.24) is 9.88 Å². The Hall–Kier alpha value is -1.49. The van der Waals surface area contributed by atoms with Crippen molar-refractivity contribution >= 4 is 10.9 Å². The molecule has 1 N–H and O–H groups in total. The van der Waals surface area contributed by atoms with Crippen molar-refractivity contribution < 1.29 is 13.2 Å². The molecule has 0 bridgehead atoms. The first-order chi connectivity index (χ1) is 8.38. The van der Waals surface area contributed by atoms with Gasteiger partial charge in [0.25, 0.3) is 0 Å². The number of hydrogen-bond acceptors (Lipinski definition) is 1. The summed E-state index contributed by atoms with van der Waals surface area (Å²) in [5.74, 6) is 0. The Morgan fingerprint density at radius 1 is 1.28 bits per heavy atom. The van der Waals surface area contributed by atoms with Crippen LogP contribution >= 0.6 is 0 Å². The van der Waals surface area contributed by atoms with Gasteiger partial charge in [0, 0.05) is 24.7 Å². The van der Waals surface area contributed by atoms with Crippen LogP contribution in [0.2, 0.25) is 0 Å². The van der Waals surface area contributed by atoms with Gasteiger partial charge in [0.2, 0.25) is 0 Å². The first-order valence-corrected chi connectivity index (χ1v) is 5.66. The van der Waals surface area contributed by atoms with Gasteiger partial charge in [-0.1, -0.05) is 12.1 Å². The van der Waals surface area contributed by atoms with Crippen molar-refractivity contribution in [2.24, 2.45) is 7.05 Å². The second-order valence-corrected chi connectivity index (χ2v) is 4.36. The van der Waals surface area contributed by atoms with Crippen LogP contribution in [0.3, 0.4) is 0 Å². The second-order valence-electron chi connectivity index (χ2n) is 4.36. The zero-order chi connectivity index (χ0) is 13.5. The van der Waals surface area contributed by atoms with Crippen LogP contribution in [0.1, 0.15) is 16.8 Å². The first-order valence-electron chi connectivity index (χ1n) is 5.66. The van der Waals surface area contributed by atoms with Crippen LogP contribution in [-0.4, -0.2) is 11.6 Å². The highest BCUT2D eigenvalue weighted by Crippen LogP contribution is 2.37. The smallest absolute Gasteiger partial charge is 0.346 e. The molecule has 98 valence electrons. The summed E-state index contributed by atoms with van der Waals surface area (Å²) in [6, 6.07) is 4.32. The SMILES string of the molecule is CNCc1c(C)c2cccc(C(F)(F)F)c2n1C. The predicted molar refractivity (Wildman–Crippen MR) is 65.4 cm³/mol. The molecular formula is C13H15F3N2. The summed E-state index contributed by atoms with van der Waals surface area (Å²) < 4.78 is 40.6. The molecule has 2 aromatic rings. The van der Waals surface area contributed by atoms with Crippen LogP contribution in [-0.2, 0) is 19.8 Å². The maximum Gasteiger partial charge on any atom is 0.418 e. The Bertz CT molecular complexity index is 582. The summed E-state index contributed by atoms with van der Waals surface area (Å²) >= 11 is 0. The molecule has 2 rings (SSSR count). The van der Waals surface area contributed by atoms with Crippen LogP contribution in [0.15, 0.2) is 18.2 Å². The quantitative estimate of drug-likeness (QED) is 0.873. The minimum absolute atomic E-state index is 0.257. The van der Waals surface area contributed by atoms with Gasteiger partial charge >= 0.3 is 6.18 Å². The Labute approximate surface area is 103 Å². The Morgan fingerprint density at radius 2 is 1.94 bits per heavy atom. The molecular weight excluding hydrogens is 241 g/mol. The molecule has 0 spiro atoms. The number of fused-ring (bicyclic) bond motifs is 1. The van der Waals surface area contributed by atoms with E-state index in [9.17, 15) is 13.2 Å². The number of nitrogens with zero attached hydrogens (tertiary/aromatic N) is 1. The maximum atomic E-state index is 13.0. The third-order valence-electron chi connectivity index (χ3n) is 3.26. The van der Waals surface area contributed by atoms with Crippen molar-refractivity contribution in [1.29, 1.82) is 0 Å². The number of nitrogens with one attached hydrogen (secondary N) is 1. The largest absolute Gasteiger partial charge is 0.418 e. The van der Waals surface area contributed by atoms with Gasteiger partial charge in [-0.05, 0) is 25.6 Å². The lowest BCUT2D eigenvalue weighted by Crippen LogP contribution is -2.12. The Kier molecular flexibility index (Phi) is 3.11. The highest BCUT2D eigenvalue weighted by molar-refractivity contribution is 5.88. The first kappa shape index (κ1) is 13.0. The summed E-state index contributed by atoms with van der Waals surface area (Å²) in [6.07, 6.45) is -4.32. The predicted octanol–water partition coefficient (Wildman–Crippen LogP) is 3.22. The molecule has 0 aliphatic carbocycles. The third kappa shape index (κ3) is 1.88. The zero-order valence-electron chi connectivity index (χ0n) is 10.5. The minimum Gasteiger partial charge on any atom is -0.346 e. The van der Waals surface area contributed by atoms with E-state index in [2.05, 4.69) is 5.32 Å². The molecule has 0 fully saturated rings. The van der Waals surface area contributed by atoms with Gasteiger partial charge in [-0.3, -0.25) is 0 Å². The molecule has 0 radical (unpaired) electrons. The van der Waals surface area contributed by atoms with Crippen molar-refractivity contribution in [2.45, 2.75) is 19.6 Å². The topological polar surface area (TPSA) is 17.0 Å². The summed E-state index contributed by atoms with van der Waals surface area (Å²) in [7, 11) is 3.46. The average molecular weight is 256 g/mol. The highest BCUT2D eigenvalue weighted by Gasteiger charge is 2.34. The molecule has 0 atom stereocenters. The van der Waals surface area contributed by atoms with E-state index >= 15 is 0 Å². The summed E-state index contributed by atoms with van der Waals surface area (Å²) in [4.78, 5) is 0. The molecule has 0 unspecified atom stereocenters. The molecule has 0 saturated carbocycles. The van der Waals surface area contributed by atoms with E-state index in [1.54, 1.807) is 24.7 Å². The van der Waals surface area contributed by atoms with Crippen LogP contribution in [0.4, 0.5) is 13.2 Å². The van der Waals surface area contributed by atoms with E-state index in [1.165, 1.54) is 6.07 Å². The standard InChI is InChI=1S/C13H15F3N2/c1-8-9-5-4-6-10(13(14,15)16)12(9)18(3)11(8)7-17-2/h4-6,17H,7H2,1-3H3. The molecule has 0 amide bonds. The molecule has 0 aliphatic heterocycles. The summed E-state index contributed by atoms with van der Waals surface area (Å²) in [5.41, 5.74) is 1.46. The van der Waals surface area contributed by atoms with Gasteiger partial charge in [-0.2, -0.15) is 13.2 Å². The molecule has 5 heteroatoms. The van der Waals surface area contributed by atoms with Gasteiger partial charge in [0.1, 0.15) is 0 Å². The molecule has 18 heavy (non-hydrogen) atoms. The molecule has 1 heterocycles. The van der Waals surface area contributed by atoms with Crippen LogP contribution in [0, 0.1) is 6.92 Å². The van der Waals surface area contributed by atoms with Crippen LogP contribution < -0.4 is 5.32 Å². The number of rotatable bonds is 2. The van der Waals surface area contributed by atoms with Crippen LogP contribution in [0.5, 0.6) is 0 Å². The van der Waals surface area contributed by atoms with Gasteiger partial charge < -0.3 is 9.88 Å². The summed E-state index contributed by atoms with van der Waals surface area (Å²) in [6.45, 7) is 2.41. The van der Waals surface area contributed by atoms with Gasteiger partial charge in [-0.15, -0.1) is 0 Å². The van der Waals surface area contributed by atoms with E-state index in [0.29, 0.717) is 11.9 Å². The lowest BCUT2D eigenvalue weighted by Gasteiger charge is -2.10. The van der Waals surface area contributed by atoms with Gasteiger partial charge in [-0.25, -0.2) is 0 Å². The Morgan fingerprint density at radius 3 is 2.50 bits per heavy atom. The number of aromatic nitrogens is 1. The number of alkyl halides is 3. The number of para-hydroxylation sites is 1. The van der Waals surface area contributed by atoms with E-state index in [-0.39, 0.29) is 5.52 Å². The zero-order valence-corrected chi connectivity index (χ0v) is 10.5. The van der Waals surface area contributed by atoms with Crippen LogP contribution in [0.25, 0.3) is 10.9 Å². The van der Waals surface area contributed by atoms with Crippen molar-refractivity contribution in [2.75, 3.05) is 7.05 Å². The van der Waals surface area contributed by atoms with E-state index in [1.807, 2.05) is 6.92 Å². The monoisotopic (exact) mass is 256 g/mol. The van der Waals surface area contributed by atoms with E-state index in [0.717, 1.165) is 17.3 Å². The number of hydrogen-bond donors (Lipinski definition) is 1. The van der Waals surface area contributed by atoms with E-state index < -0.39 is 11.7 Å². The lowest BCUT2D eigenvalue weighted by molar-refractivity contribution is -0.136. The molecule has 1 aromatic heterocycles. The highest BCUT2D eigenvalue weighted by atomic mass is 19.4. The average Bonchev–Trinajstić information content (AvgIpc) is 2.54. The normalized spacial score (nSPS) is 12.3. The Balaban J connectivity index is 2.82. The third-order valence-corrected chi connectivity index (χ3v) is 3.26. The lowest BCUT2D eigenvalue weighted by atomic mass is 10.1. The number of aryl methyl sites for hydroxylation is 2. The van der Waals surface area contributed by atoms with Crippen molar-refractivity contribution in [3.05, 3.63) is 35.0 Å². The maximum absolute atomic E-state index is 13.0.